The van der Waals surface area contributed by atoms with Crippen LogP contribution in [0, 0.1) is 0 Å². The first-order valence-electron chi connectivity index (χ1n) is 5.13. The summed E-state index contributed by atoms with van der Waals surface area (Å²) in [5, 5.41) is 0. The number of alkyl halides is 3. The minimum Gasteiger partial charge on any atom is -0.493 e. The topological polar surface area (TPSA) is 53.7 Å². The van der Waals surface area contributed by atoms with Gasteiger partial charge < -0.3 is 19.9 Å². The molecule has 102 valence electrons. The maximum absolute atomic E-state index is 11.8. The second-order valence-electron chi connectivity index (χ2n) is 3.43. The molecule has 0 spiro atoms. The maximum Gasteiger partial charge on any atom is 0.411 e. The van der Waals surface area contributed by atoms with Gasteiger partial charge in [0.05, 0.1) is 13.7 Å². The van der Waals surface area contributed by atoms with Crippen molar-refractivity contribution in [3.8, 4) is 11.5 Å². The Hall–Kier alpha value is -1.63. The molecule has 0 aliphatic rings. The molecule has 1 aromatic carbocycles. The molecule has 0 atom stereocenters. The van der Waals surface area contributed by atoms with Crippen LogP contribution in [0.2, 0.25) is 0 Å². The molecule has 0 amide bonds. The molecule has 0 unspecified atom stereocenters. The molecule has 4 nitrogen and oxygen atoms in total. The van der Waals surface area contributed by atoms with Crippen molar-refractivity contribution < 1.29 is 27.4 Å². The number of halogens is 3. The highest BCUT2D eigenvalue weighted by Crippen LogP contribution is 2.28. The van der Waals surface area contributed by atoms with Crippen molar-refractivity contribution in [2.45, 2.75) is 6.18 Å². The van der Waals surface area contributed by atoms with E-state index >= 15 is 0 Å². The third-order valence-electron chi connectivity index (χ3n) is 1.94. The fraction of sp³-hybridized carbons (Fsp3) is 0.455. The van der Waals surface area contributed by atoms with Crippen LogP contribution in [0.4, 0.5) is 18.9 Å². The molecule has 0 heterocycles. The van der Waals surface area contributed by atoms with Gasteiger partial charge in [0, 0.05) is 11.8 Å². The number of ether oxygens (including phenoxy) is 3. The van der Waals surface area contributed by atoms with Crippen LogP contribution in [0.3, 0.4) is 0 Å². The van der Waals surface area contributed by atoms with Crippen LogP contribution in [0.15, 0.2) is 18.2 Å². The molecule has 18 heavy (non-hydrogen) atoms. The molecule has 2 N–H and O–H groups in total. The second-order valence-corrected chi connectivity index (χ2v) is 3.43. The standard InChI is InChI=1S/C11H14F3NO3/c1-16-10-6-8(15)2-3-9(10)18-5-4-17-7-11(12,13)14/h2-3,6H,4-5,7,15H2,1H3. The zero-order valence-electron chi connectivity index (χ0n) is 9.79. The molecule has 0 aliphatic carbocycles. The van der Waals surface area contributed by atoms with E-state index in [1.54, 1.807) is 18.2 Å². The molecular formula is C11H14F3NO3. The molecule has 0 radical (unpaired) electrons. The van der Waals surface area contributed by atoms with Gasteiger partial charge in [-0.3, -0.25) is 0 Å². The Balaban J connectivity index is 2.35. The maximum atomic E-state index is 11.8. The van der Waals surface area contributed by atoms with Crippen molar-refractivity contribution in [3.63, 3.8) is 0 Å². The van der Waals surface area contributed by atoms with Crippen LogP contribution in [0.5, 0.6) is 11.5 Å². The molecule has 0 bridgehead atoms. The zero-order chi connectivity index (χ0) is 13.6. The first-order chi connectivity index (χ1) is 8.42. The highest BCUT2D eigenvalue weighted by Gasteiger charge is 2.27. The van der Waals surface area contributed by atoms with E-state index in [-0.39, 0.29) is 13.2 Å². The van der Waals surface area contributed by atoms with Crippen molar-refractivity contribution in [1.29, 1.82) is 0 Å². The smallest absolute Gasteiger partial charge is 0.411 e. The number of nitrogens with two attached hydrogens (primary N) is 1. The largest absolute Gasteiger partial charge is 0.493 e. The molecule has 0 saturated heterocycles. The third-order valence-corrected chi connectivity index (χ3v) is 1.94. The Morgan fingerprint density at radius 3 is 2.50 bits per heavy atom. The van der Waals surface area contributed by atoms with E-state index in [0.717, 1.165) is 0 Å². The third kappa shape index (κ3) is 5.13. The normalized spacial score (nSPS) is 11.3. The number of hydrogen-bond acceptors (Lipinski definition) is 4. The Morgan fingerprint density at radius 1 is 1.17 bits per heavy atom. The lowest BCUT2D eigenvalue weighted by atomic mass is 10.3. The lowest BCUT2D eigenvalue weighted by Crippen LogP contribution is -2.19. The Kier molecular flexibility index (Phi) is 5.08. The number of methoxy groups -OCH3 is 1. The van der Waals surface area contributed by atoms with Crippen LogP contribution < -0.4 is 15.2 Å². The molecule has 1 rings (SSSR count). The highest BCUT2D eigenvalue weighted by atomic mass is 19.4. The van der Waals surface area contributed by atoms with Crippen LogP contribution in [-0.4, -0.2) is 33.1 Å². The highest BCUT2D eigenvalue weighted by molar-refractivity contribution is 5.51. The summed E-state index contributed by atoms with van der Waals surface area (Å²) >= 11 is 0. The van der Waals surface area contributed by atoms with E-state index < -0.39 is 12.8 Å². The number of benzene rings is 1. The fourth-order valence-electron chi connectivity index (χ4n) is 1.20. The summed E-state index contributed by atoms with van der Waals surface area (Å²) in [7, 11) is 1.45. The predicted molar refractivity (Wildman–Crippen MR) is 59.8 cm³/mol. The van der Waals surface area contributed by atoms with Gasteiger partial charge >= 0.3 is 6.18 Å². The average Bonchev–Trinajstić information content (AvgIpc) is 2.28. The van der Waals surface area contributed by atoms with Gasteiger partial charge in [-0.25, -0.2) is 0 Å². The summed E-state index contributed by atoms with van der Waals surface area (Å²) in [5.74, 6) is 0.827. The van der Waals surface area contributed by atoms with E-state index in [2.05, 4.69) is 4.74 Å². The van der Waals surface area contributed by atoms with Crippen molar-refractivity contribution in [2.75, 3.05) is 32.7 Å². The van der Waals surface area contributed by atoms with Crippen molar-refractivity contribution in [3.05, 3.63) is 18.2 Å². The van der Waals surface area contributed by atoms with E-state index in [1.807, 2.05) is 0 Å². The molecule has 1 aromatic rings. The monoisotopic (exact) mass is 265 g/mol. The SMILES string of the molecule is COc1cc(N)ccc1OCCOCC(F)(F)F. The lowest BCUT2D eigenvalue weighted by Gasteiger charge is -2.12. The minimum absolute atomic E-state index is 0.00361. The zero-order valence-corrected chi connectivity index (χ0v) is 9.79. The quantitative estimate of drug-likeness (QED) is 0.633. The molecule has 7 heteroatoms. The van der Waals surface area contributed by atoms with Crippen LogP contribution in [-0.2, 0) is 4.74 Å². The van der Waals surface area contributed by atoms with E-state index in [0.29, 0.717) is 17.2 Å². The van der Waals surface area contributed by atoms with Crippen LogP contribution >= 0.6 is 0 Å². The summed E-state index contributed by atoms with van der Waals surface area (Å²) < 4.78 is 49.9. The van der Waals surface area contributed by atoms with E-state index in [4.69, 9.17) is 15.2 Å². The van der Waals surface area contributed by atoms with Gasteiger partial charge in [-0.2, -0.15) is 13.2 Å². The first-order valence-corrected chi connectivity index (χ1v) is 5.13. The second kappa shape index (κ2) is 6.34. The number of nitrogen functional groups attached to an aromatic ring is 1. The van der Waals surface area contributed by atoms with Gasteiger partial charge in [0.25, 0.3) is 0 Å². The Bertz CT molecular complexity index is 382. The van der Waals surface area contributed by atoms with Gasteiger partial charge in [0.2, 0.25) is 0 Å². The Labute approximate surface area is 102 Å². The summed E-state index contributed by atoms with van der Waals surface area (Å²) in [4.78, 5) is 0. The Morgan fingerprint density at radius 2 is 1.89 bits per heavy atom. The van der Waals surface area contributed by atoms with Gasteiger partial charge in [0.15, 0.2) is 11.5 Å². The lowest BCUT2D eigenvalue weighted by molar-refractivity contribution is -0.175. The van der Waals surface area contributed by atoms with Gasteiger partial charge in [-0.1, -0.05) is 0 Å². The number of rotatable bonds is 6. The number of hydrogen-bond donors (Lipinski definition) is 1. The summed E-state index contributed by atoms with van der Waals surface area (Å²) in [6, 6.07) is 4.75. The molecule has 0 fully saturated rings. The van der Waals surface area contributed by atoms with Gasteiger partial charge in [-0.05, 0) is 12.1 Å². The van der Waals surface area contributed by atoms with E-state index in [1.165, 1.54) is 7.11 Å². The molecule has 0 saturated carbocycles. The number of anilines is 1. The first kappa shape index (κ1) is 14.4. The van der Waals surface area contributed by atoms with Gasteiger partial charge in [-0.15, -0.1) is 0 Å². The fourth-order valence-corrected chi connectivity index (χ4v) is 1.20. The average molecular weight is 265 g/mol. The summed E-state index contributed by atoms with van der Waals surface area (Å²) in [6.07, 6.45) is -4.32. The van der Waals surface area contributed by atoms with Crippen LogP contribution in [0.1, 0.15) is 0 Å². The molecule has 0 aliphatic heterocycles. The van der Waals surface area contributed by atoms with E-state index in [9.17, 15) is 13.2 Å². The van der Waals surface area contributed by atoms with Crippen molar-refractivity contribution in [1.82, 2.24) is 0 Å². The predicted octanol–water partition coefficient (Wildman–Crippen LogP) is 2.24. The van der Waals surface area contributed by atoms with Gasteiger partial charge in [0.1, 0.15) is 13.2 Å². The molecular weight excluding hydrogens is 251 g/mol. The summed E-state index contributed by atoms with van der Waals surface area (Å²) in [5.41, 5.74) is 6.05. The van der Waals surface area contributed by atoms with Crippen LogP contribution in [0.25, 0.3) is 0 Å². The van der Waals surface area contributed by atoms with Crippen molar-refractivity contribution in [2.24, 2.45) is 0 Å². The minimum atomic E-state index is -4.32. The van der Waals surface area contributed by atoms with Crippen molar-refractivity contribution >= 4 is 5.69 Å². The molecule has 0 aromatic heterocycles. The summed E-state index contributed by atoms with van der Waals surface area (Å²) in [6.45, 7) is -1.45.